The molecule has 2 heteroatoms. The van der Waals surface area contributed by atoms with Crippen molar-refractivity contribution in [3.63, 3.8) is 0 Å². The van der Waals surface area contributed by atoms with Gasteiger partial charge in [0.25, 0.3) is 0 Å². The first-order valence-electron chi connectivity index (χ1n) is 8.15. The molecule has 1 atom stereocenters. The Labute approximate surface area is 134 Å². The van der Waals surface area contributed by atoms with Gasteiger partial charge in [0.1, 0.15) is 18.1 Å². The van der Waals surface area contributed by atoms with Gasteiger partial charge in [0.2, 0.25) is 0 Å². The first-order valence-corrected chi connectivity index (χ1v) is 8.15. The molecule has 1 unspecified atom stereocenters. The molecular weight excluding hydrogens is 272 g/mol. The highest BCUT2D eigenvalue weighted by Gasteiger charge is 2.20. The van der Waals surface area contributed by atoms with Gasteiger partial charge in [-0.25, -0.2) is 0 Å². The minimum atomic E-state index is 0.490. The van der Waals surface area contributed by atoms with Gasteiger partial charge in [-0.3, -0.25) is 0 Å². The summed E-state index contributed by atoms with van der Waals surface area (Å²) in [6.07, 6.45) is 4.41. The van der Waals surface area contributed by atoms with Gasteiger partial charge in [0.15, 0.2) is 0 Å². The predicted molar refractivity (Wildman–Crippen MR) is 92.9 cm³/mol. The summed E-state index contributed by atoms with van der Waals surface area (Å²) >= 11 is 0. The topological polar surface area (TPSA) is 18.5 Å². The zero-order valence-electron chi connectivity index (χ0n) is 14.5. The lowest BCUT2D eigenvalue weighted by Gasteiger charge is -2.08. The second-order valence-electron chi connectivity index (χ2n) is 6.55. The van der Waals surface area contributed by atoms with E-state index in [0.717, 1.165) is 30.9 Å². The molecular formula is C20H28O2. The second-order valence-corrected chi connectivity index (χ2v) is 6.55. The Hall–Kier alpha value is -1.70. The molecule has 0 radical (unpaired) electrons. The van der Waals surface area contributed by atoms with Crippen molar-refractivity contribution < 1.29 is 9.47 Å². The van der Waals surface area contributed by atoms with Crippen LogP contribution in [0.15, 0.2) is 41.0 Å². The molecule has 2 rings (SSSR count). The van der Waals surface area contributed by atoms with E-state index in [1.807, 2.05) is 12.1 Å². The van der Waals surface area contributed by atoms with Crippen LogP contribution in [0.5, 0.6) is 11.5 Å². The minimum absolute atomic E-state index is 0.490. The molecule has 1 aliphatic heterocycles. The van der Waals surface area contributed by atoms with Crippen molar-refractivity contribution in [3.8, 4) is 11.5 Å². The number of hydrogen-bond donors (Lipinski definition) is 0. The van der Waals surface area contributed by atoms with Crippen LogP contribution < -0.4 is 9.47 Å². The lowest BCUT2D eigenvalue weighted by molar-refractivity contribution is 0.331. The van der Waals surface area contributed by atoms with Crippen LogP contribution >= 0.6 is 0 Å². The Balaban J connectivity index is 1.83. The number of hydrogen-bond acceptors (Lipinski definition) is 2. The van der Waals surface area contributed by atoms with E-state index >= 15 is 0 Å². The van der Waals surface area contributed by atoms with Crippen LogP contribution in [0.25, 0.3) is 0 Å². The van der Waals surface area contributed by atoms with E-state index in [9.17, 15) is 0 Å². The summed E-state index contributed by atoms with van der Waals surface area (Å²) in [4.78, 5) is 0. The Morgan fingerprint density at radius 1 is 1.23 bits per heavy atom. The number of benzene rings is 1. The van der Waals surface area contributed by atoms with Gasteiger partial charge in [-0.05, 0) is 52.7 Å². The SMILES string of the molecule is CC(C)=C(C)CC/C(C)=C/COc1ccc2c(c1)OCC2C. The lowest BCUT2D eigenvalue weighted by atomic mass is 10.0. The standard InChI is InChI=1S/C20H28O2/c1-14(2)16(4)7-6-15(3)10-11-21-18-8-9-19-17(5)13-22-20(19)12-18/h8-10,12,17H,6-7,11,13H2,1-5H3/b15-10+. The van der Waals surface area contributed by atoms with Gasteiger partial charge in [-0.15, -0.1) is 0 Å². The zero-order chi connectivity index (χ0) is 16.1. The van der Waals surface area contributed by atoms with Crippen LogP contribution in [0.2, 0.25) is 0 Å². The largest absolute Gasteiger partial charge is 0.493 e. The van der Waals surface area contributed by atoms with Gasteiger partial charge in [-0.2, -0.15) is 0 Å². The van der Waals surface area contributed by atoms with Crippen LogP contribution in [0.3, 0.4) is 0 Å². The average Bonchev–Trinajstić information content (AvgIpc) is 2.85. The third-order valence-corrected chi connectivity index (χ3v) is 4.43. The minimum Gasteiger partial charge on any atom is -0.493 e. The monoisotopic (exact) mass is 300 g/mol. The van der Waals surface area contributed by atoms with Crippen molar-refractivity contribution in [3.05, 3.63) is 46.6 Å². The highest BCUT2D eigenvalue weighted by Crippen LogP contribution is 2.36. The fourth-order valence-electron chi connectivity index (χ4n) is 2.46. The second kappa shape index (κ2) is 7.53. The van der Waals surface area contributed by atoms with E-state index in [2.05, 4.69) is 46.8 Å². The van der Waals surface area contributed by atoms with Crippen LogP contribution in [-0.4, -0.2) is 13.2 Å². The molecule has 0 spiro atoms. The van der Waals surface area contributed by atoms with Crippen molar-refractivity contribution in [1.29, 1.82) is 0 Å². The van der Waals surface area contributed by atoms with E-state index in [4.69, 9.17) is 9.47 Å². The van der Waals surface area contributed by atoms with E-state index < -0.39 is 0 Å². The van der Waals surface area contributed by atoms with E-state index in [1.54, 1.807) is 0 Å². The van der Waals surface area contributed by atoms with E-state index in [0.29, 0.717) is 12.5 Å². The van der Waals surface area contributed by atoms with Gasteiger partial charge >= 0.3 is 0 Å². The maximum absolute atomic E-state index is 5.82. The maximum atomic E-state index is 5.82. The molecule has 22 heavy (non-hydrogen) atoms. The fourth-order valence-corrected chi connectivity index (χ4v) is 2.46. The van der Waals surface area contributed by atoms with Gasteiger partial charge in [0.05, 0.1) is 6.61 Å². The molecule has 0 aliphatic carbocycles. The summed E-state index contributed by atoms with van der Waals surface area (Å²) in [6, 6.07) is 6.17. The van der Waals surface area contributed by atoms with Crippen molar-refractivity contribution in [1.82, 2.24) is 0 Å². The molecule has 0 N–H and O–H groups in total. The van der Waals surface area contributed by atoms with Crippen molar-refractivity contribution in [2.75, 3.05) is 13.2 Å². The first kappa shape index (κ1) is 16.7. The molecule has 0 bridgehead atoms. The molecule has 0 aromatic heterocycles. The van der Waals surface area contributed by atoms with Gasteiger partial charge in [-0.1, -0.05) is 29.7 Å². The number of fused-ring (bicyclic) bond motifs is 1. The molecule has 1 aromatic rings. The fraction of sp³-hybridized carbons (Fsp3) is 0.500. The number of ether oxygens (including phenoxy) is 2. The normalized spacial score (nSPS) is 17.0. The molecule has 1 aliphatic rings. The van der Waals surface area contributed by atoms with Crippen LogP contribution in [0, 0.1) is 0 Å². The van der Waals surface area contributed by atoms with Crippen LogP contribution in [0.1, 0.15) is 58.9 Å². The van der Waals surface area contributed by atoms with Crippen molar-refractivity contribution in [2.45, 2.75) is 53.4 Å². The smallest absolute Gasteiger partial charge is 0.126 e. The molecule has 120 valence electrons. The first-order chi connectivity index (χ1) is 10.5. The van der Waals surface area contributed by atoms with Crippen LogP contribution in [-0.2, 0) is 0 Å². The lowest BCUT2D eigenvalue weighted by Crippen LogP contribution is -1.95. The molecule has 1 heterocycles. The Morgan fingerprint density at radius 2 is 2.00 bits per heavy atom. The molecule has 2 nitrogen and oxygen atoms in total. The third-order valence-electron chi connectivity index (χ3n) is 4.43. The Kier molecular flexibility index (Phi) is 5.70. The molecule has 0 saturated carbocycles. The highest BCUT2D eigenvalue weighted by molar-refractivity contribution is 5.45. The van der Waals surface area contributed by atoms with Crippen LogP contribution in [0.4, 0.5) is 0 Å². The summed E-state index contributed by atoms with van der Waals surface area (Å²) < 4.78 is 11.5. The summed E-state index contributed by atoms with van der Waals surface area (Å²) in [5.74, 6) is 2.35. The third kappa shape index (κ3) is 4.40. The zero-order valence-corrected chi connectivity index (χ0v) is 14.5. The average molecular weight is 300 g/mol. The van der Waals surface area contributed by atoms with Gasteiger partial charge in [0, 0.05) is 17.5 Å². The van der Waals surface area contributed by atoms with E-state index in [1.165, 1.54) is 22.3 Å². The molecule has 0 fully saturated rings. The quantitative estimate of drug-likeness (QED) is 0.632. The molecule has 0 saturated heterocycles. The summed E-state index contributed by atoms with van der Waals surface area (Å²) in [7, 11) is 0. The highest BCUT2D eigenvalue weighted by atomic mass is 16.5. The van der Waals surface area contributed by atoms with Crippen molar-refractivity contribution in [2.24, 2.45) is 0 Å². The van der Waals surface area contributed by atoms with Gasteiger partial charge < -0.3 is 9.47 Å². The van der Waals surface area contributed by atoms with Crippen molar-refractivity contribution >= 4 is 0 Å². The predicted octanol–water partition coefficient (Wildman–Crippen LogP) is 5.64. The van der Waals surface area contributed by atoms with E-state index in [-0.39, 0.29) is 0 Å². The number of rotatable bonds is 6. The number of allylic oxidation sites excluding steroid dienone is 3. The summed E-state index contributed by atoms with van der Waals surface area (Å²) in [5, 5.41) is 0. The molecule has 0 amide bonds. The molecule has 1 aromatic carbocycles. The summed E-state index contributed by atoms with van der Waals surface area (Å²) in [6.45, 7) is 12.3. The maximum Gasteiger partial charge on any atom is 0.126 e. The summed E-state index contributed by atoms with van der Waals surface area (Å²) in [5.41, 5.74) is 5.58. The Bertz CT molecular complexity index is 577. The Morgan fingerprint density at radius 3 is 2.73 bits per heavy atom.